The number of hydrogen-bond acceptors (Lipinski definition) is 6. The monoisotopic (exact) mass is 396 g/mol. The SMILES string of the molecule is O=C(N/N=C\c1sc(N2CCCCC2)nc1-c1cccs1)c1ccccc1. The summed E-state index contributed by atoms with van der Waals surface area (Å²) < 4.78 is 0. The van der Waals surface area contributed by atoms with Gasteiger partial charge in [0, 0.05) is 18.7 Å². The maximum atomic E-state index is 12.2. The molecule has 2 aromatic heterocycles. The molecule has 1 saturated heterocycles. The van der Waals surface area contributed by atoms with Crippen molar-refractivity contribution < 1.29 is 4.79 Å². The van der Waals surface area contributed by atoms with Crippen LogP contribution < -0.4 is 10.3 Å². The zero-order valence-corrected chi connectivity index (χ0v) is 16.4. The summed E-state index contributed by atoms with van der Waals surface area (Å²) in [5.41, 5.74) is 4.14. The normalized spacial score (nSPS) is 14.6. The lowest BCUT2D eigenvalue weighted by atomic mass is 10.1. The van der Waals surface area contributed by atoms with Gasteiger partial charge in [0.05, 0.1) is 16.0 Å². The number of nitrogens with one attached hydrogen (secondary N) is 1. The van der Waals surface area contributed by atoms with Crippen molar-refractivity contribution >= 4 is 39.9 Å². The molecule has 3 aromatic rings. The summed E-state index contributed by atoms with van der Waals surface area (Å²) >= 11 is 3.30. The summed E-state index contributed by atoms with van der Waals surface area (Å²) in [5.74, 6) is -0.217. The maximum absolute atomic E-state index is 12.2. The van der Waals surface area contributed by atoms with E-state index < -0.39 is 0 Å². The average molecular weight is 397 g/mol. The molecular formula is C20H20N4OS2. The molecule has 1 N–H and O–H groups in total. The van der Waals surface area contributed by atoms with Gasteiger partial charge < -0.3 is 4.90 Å². The van der Waals surface area contributed by atoms with E-state index in [9.17, 15) is 4.79 Å². The number of thiazole rings is 1. The van der Waals surface area contributed by atoms with E-state index in [2.05, 4.69) is 21.5 Å². The van der Waals surface area contributed by atoms with E-state index in [1.807, 2.05) is 29.6 Å². The molecule has 0 radical (unpaired) electrons. The molecule has 5 nitrogen and oxygen atoms in total. The Hall–Kier alpha value is -2.51. The van der Waals surface area contributed by atoms with Gasteiger partial charge in [0.1, 0.15) is 5.69 Å². The van der Waals surface area contributed by atoms with Crippen molar-refractivity contribution in [1.82, 2.24) is 10.4 Å². The first kappa shape index (κ1) is 17.9. The molecule has 27 heavy (non-hydrogen) atoms. The predicted octanol–water partition coefficient (Wildman–Crippen LogP) is 4.63. The second kappa shape index (κ2) is 8.45. The highest BCUT2D eigenvalue weighted by Gasteiger charge is 2.19. The quantitative estimate of drug-likeness (QED) is 0.505. The van der Waals surface area contributed by atoms with Crippen LogP contribution in [-0.2, 0) is 0 Å². The van der Waals surface area contributed by atoms with Crippen LogP contribution in [0.25, 0.3) is 10.6 Å². The molecule has 138 valence electrons. The number of nitrogens with zero attached hydrogens (tertiary/aromatic N) is 3. The number of anilines is 1. The van der Waals surface area contributed by atoms with E-state index in [-0.39, 0.29) is 5.91 Å². The summed E-state index contributed by atoms with van der Waals surface area (Å²) in [5, 5.41) is 7.26. The molecule has 1 amide bonds. The first-order chi connectivity index (χ1) is 13.3. The van der Waals surface area contributed by atoms with Crippen molar-refractivity contribution in [1.29, 1.82) is 0 Å². The Bertz CT molecular complexity index is 913. The van der Waals surface area contributed by atoms with Crippen LogP contribution in [0.1, 0.15) is 34.5 Å². The zero-order valence-electron chi connectivity index (χ0n) is 14.8. The second-order valence-corrected chi connectivity index (χ2v) is 8.26. The van der Waals surface area contributed by atoms with E-state index in [1.54, 1.807) is 41.0 Å². The molecule has 0 atom stereocenters. The van der Waals surface area contributed by atoms with Crippen LogP contribution in [0.3, 0.4) is 0 Å². The highest BCUT2D eigenvalue weighted by atomic mass is 32.1. The molecule has 0 unspecified atom stereocenters. The Balaban J connectivity index is 1.55. The molecule has 4 rings (SSSR count). The highest BCUT2D eigenvalue weighted by molar-refractivity contribution is 7.18. The molecule has 0 spiro atoms. The van der Waals surface area contributed by atoms with Gasteiger partial charge in [-0.05, 0) is 42.8 Å². The number of aromatic nitrogens is 1. The van der Waals surface area contributed by atoms with Gasteiger partial charge >= 0.3 is 0 Å². The Morgan fingerprint density at radius 3 is 2.67 bits per heavy atom. The number of hydrazone groups is 1. The average Bonchev–Trinajstić information content (AvgIpc) is 3.39. The largest absolute Gasteiger partial charge is 0.348 e. The van der Waals surface area contributed by atoms with Crippen LogP contribution in [-0.4, -0.2) is 30.2 Å². The molecule has 0 saturated carbocycles. The first-order valence-corrected chi connectivity index (χ1v) is 10.7. The van der Waals surface area contributed by atoms with E-state index in [1.165, 1.54) is 19.3 Å². The lowest BCUT2D eigenvalue weighted by Crippen LogP contribution is -2.29. The number of hydrogen-bond donors (Lipinski definition) is 1. The molecule has 1 aliphatic heterocycles. The third-order valence-corrected chi connectivity index (χ3v) is 6.33. The molecular weight excluding hydrogens is 376 g/mol. The predicted molar refractivity (Wildman–Crippen MR) is 113 cm³/mol. The third kappa shape index (κ3) is 4.26. The van der Waals surface area contributed by atoms with Crippen molar-refractivity contribution in [2.75, 3.05) is 18.0 Å². The van der Waals surface area contributed by atoms with Gasteiger partial charge in [-0.15, -0.1) is 11.3 Å². The summed E-state index contributed by atoms with van der Waals surface area (Å²) in [6.07, 6.45) is 5.43. The molecule has 1 aliphatic rings. The van der Waals surface area contributed by atoms with Gasteiger partial charge in [-0.2, -0.15) is 5.10 Å². The van der Waals surface area contributed by atoms with Crippen LogP contribution in [0.2, 0.25) is 0 Å². The van der Waals surface area contributed by atoms with Gasteiger partial charge in [0.2, 0.25) is 0 Å². The lowest BCUT2D eigenvalue weighted by Gasteiger charge is -2.25. The summed E-state index contributed by atoms with van der Waals surface area (Å²) in [6.45, 7) is 2.11. The lowest BCUT2D eigenvalue weighted by molar-refractivity contribution is 0.0955. The number of carbonyl (C=O) groups excluding carboxylic acids is 1. The zero-order chi connectivity index (χ0) is 18.5. The fourth-order valence-electron chi connectivity index (χ4n) is 3.02. The van der Waals surface area contributed by atoms with E-state index in [4.69, 9.17) is 4.98 Å². The number of piperidine rings is 1. The molecule has 1 aromatic carbocycles. The van der Waals surface area contributed by atoms with Crippen molar-refractivity contribution in [2.24, 2.45) is 5.10 Å². The molecule has 3 heterocycles. The van der Waals surface area contributed by atoms with Gasteiger partial charge in [0.25, 0.3) is 5.91 Å². The van der Waals surface area contributed by atoms with E-state index in [0.29, 0.717) is 5.56 Å². The molecule has 1 fully saturated rings. The van der Waals surface area contributed by atoms with Crippen LogP contribution in [0.5, 0.6) is 0 Å². The number of carbonyl (C=O) groups is 1. The first-order valence-electron chi connectivity index (χ1n) is 8.99. The van der Waals surface area contributed by atoms with E-state index >= 15 is 0 Å². The fourth-order valence-corrected chi connectivity index (χ4v) is 4.82. The number of amides is 1. The van der Waals surface area contributed by atoms with Crippen molar-refractivity contribution in [2.45, 2.75) is 19.3 Å². The maximum Gasteiger partial charge on any atom is 0.271 e. The van der Waals surface area contributed by atoms with Crippen molar-refractivity contribution in [3.05, 3.63) is 58.3 Å². The minimum atomic E-state index is -0.217. The third-order valence-electron chi connectivity index (χ3n) is 4.41. The van der Waals surface area contributed by atoms with Crippen LogP contribution in [0.15, 0.2) is 52.9 Å². The van der Waals surface area contributed by atoms with Gasteiger partial charge in [-0.25, -0.2) is 10.4 Å². The topological polar surface area (TPSA) is 57.6 Å². The Morgan fingerprint density at radius 1 is 1.11 bits per heavy atom. The molecule has 7 heteroatoms. The van der Waals surface area contributed by atoms with Crippen molar-refractivity contribution in [3.8, 4) is 10.6 Å². The molecule has 0 aliphatic carbocycles. The summed E-state index contributed by atoms with van der Waals surface area (Å²) in [4.78, 5) is 21.5. The highest BCUT2D eigenvalue weighted by Crippen LogP contribution is 2.35. The number of benzene rings is 1. The summed E-state index contributed by atoms with van der Waals surface area (Å²) in [7, 11) is 0. The van der Waals surface area contributed by atoms with Crippen LogP contribution in [0.4, 0.5) is 5.13 Å². The van der Waals surface area contributed by atoms with Gasteiger partial charge in [-0.1, -0.05) is 35.6 Å². The van der Waals surface area contributed by atoms with Gasteiger partial charge in [0.15, 0.2) is 5.13 Å². The minimum Gasteiger partial charge on any atom is -0.348 e. The number of thiophene rings is 1. The van der Waals surface area contributed by atoms with Gasteiger partial charge in [-0.3, -0.25) is 4.79 Å². The Kier molecular flexibility index (Phi) is 5.60. The smallest absolute Gasteiger partial charge is 0.271 e. The van der Waals surface area contributed by atoms with Crippen LogP contribution >= 0.6 is 22.7 Å². The minimum absolute atomic E-state index is 0.217. The fraction of sp³-hybridized carbons (Fsp3) is 0.250. The molecule has 0 bridgehead atoms. The van der Waals surface area contributed by atoms with Crippen LogP contribution in [0, 0.1) is 0 Å². The van der Waals surface area contributed by atoms with E-state index in [0.717, 1.165) is 33.7 Å². The standard InChI is InChI=1S/C20H20N4OS2/c25-19(15-8-3-1-4-9-15)23-21-14-17-18(16-10-7-13-26-16)22-20(27-17)24-11-5-2-6-12-24/h1,3-4,7-10,13-14H,2,5-6,11-12H2,(H,23,25)/b21-14-. The Morgan fingerprint density at radius 2 is 1.93 bits per heavy atom. The van der Waals surface area contributed by atoms with Crippen molar-refractivity contribution in [3.63, 3.8) is 0 Å². The number of rotatable bonds is 5. The second-order valence-electron chi connectivity index (χ2n) is 6.30. The summed E-state index contributed by atoms with van der Waals surface area (Å²) in [6, 6.07) is 13.2. The Labute approximate surface area is 166 Å².